The van der Waals surface area contributed by atoms with E-state index in [-0.39, 0.29) is 5.02 Å². The Balaban J connectivity index is 2.34. The summed E-state index contributed by atoms with van der Waals surface area (Å²) < 4.78 is 26.2. The summed E-state index contributed by atoms with van der Waals surface area (Å²) in [4.78, 5) is 0. The van der Waals surface area contributed by atoms with Crippen LogP contribution >= 0.6 is 11.6 Å². The van der Waals surface area contributed by atoms with E-state index in [4.69, 9.17) is 32.1 Å². The Labute approximate surface area is 145 Å². The molecule has 2 aromatic carbocycles. The van der Waals surface area contributed by atoms with Gasteiger partial charge in [-0.1, -0.05) is 17.7 Å². The smallest absolute Gasteiger partial charge is 0.399 e. The van der Waals surface area contributed by atoms with E-state index in [0.29, 0.717) is 27.5 Å². The van der Waals surface area contributed by atoms with E-state index in [1.807, 2.05) is 27.7 Å². The van der Waals surface area contributed by atoms with E-state index in [0.717, 1.165) is 6.21 Å². The molecule has 0 aromatic heterocycles. The second-order valence-corrected chi connectivity index (χ2v) is 7.36. The van der Waals surface area contributed by atoms with Crippen LogP contribution in [0, 0.1) is 11.2 Å². The zero-order chi connectivity index (χ0) is 17.9. The summed E-state index contributed by atoms with van der Waals surface area (Å²) >= 11 is 6.23. The summed E-state index contributed by atoms with van der Waals surface area (Å²) in [6.07, 6.45) is 1.12. The molecule has 1 fully saturated rings. The second-order valence-electron chi connectivity index (χ2n) is 6.99. The molecule has 7 heteroatoms. The number of nitrogens with two attached hydrogens (primary N) is 1. The Morgan fingerprint density at radius 2 is 1.79 bits per heavy atom. The number of hydrogen-bond acceptors (Lipinski definition) is 4. The van der Waals surface area contributed by atoms with E-state index in [2.05, 4.69) is 0 Å². The van der Waals surface area contributed by atoms with Gasteiger partial charge in [0, 0.05) is 28.3 Å². The summed E-state index contributed by atoms with van der Waals surface area (Å²) in [5.41, 5.74) is 6.25. The molecular weight excluding hydrogens is 329 g/mol. The second kappa shape index (κ2) is 5.44. The van der Waals surface area contributed by atoms with E-state index in [1.165, 1.54) is 6.07 Å². The molecule has 0 saturated carbocycles. The number of anilines is 1. The molecule has 126 valence electrons. The fraction of sp³-hybridized carbons (Fsp3) is 0.353. The lowest BCUT2D eigenvalue weighted by Crippen LogP contribution is -2.41. The fourth-order valence-corrected chi connectivity index (χ4v) is 3.14. The molecule has 0 atom stereocenters. The molecule has 0 spiro atoms. The van der Waals surface area contributed by atoms with Crippen molar-refractivity contribution in [1.29, 1.82) is 5.41 Å². The SMILES string of the molecule is CC1(C)OB(c2c(C=N)c(N)cc3ccc(F)c(Cl)c23)OC1(C)C. The number of nitrogen functional groups attached to an aromatic ring is 1. The largest absolute Gasteiger partial charge is 0.496 e. The normalized spacial score (nSPS) is 19.0. The molecule has 0 unspecified atom stereocenters. The van der Waals surface area contributed by atoms with Crippen LogP contribution in [0.25, 0.3) is 10.8 Å². The third-order valence-electron chi connectivity index (χ3n) is 4.94. The highest BCUT2D eigenvalue weighted by Crippen LogP contribution is 2.38. The van der Waals surface area contributed by atoms with Gasteiger partial charge in [-0.3, -0.25) is 0 Å². The van der Waals surface area contributed by atoms with Gasteiger partial charge in [-0.25, -0.2) is 4.39 Å². The molecule has 0 radical (unpaired) electrons. The van der Waals surface area contributed by atoms with Crippen molar-refractivity contribution in [3.63, 3.8) is 0 Å². The molecule has 1 heterocycles. The average molecular weight is 349 g/mol. The number of fused-ring (bicyclic) bond motifs is 1. The Hall–Kier alpha value is -1.63. The van der Waals surface area contributed by atoms with Crippen molar-refractivity contribution in [3.8, 4) is 0 Å². The van der Waals surface area contributed by atoms with Crippen molar-refractivity contribution >= 4 is 46.9 Å². The lowest BCUT2D eigenvalue weighted by Gasteiger charge is -2.32. The summed E-state index contributed by atoms with van der Waals surface area (Å²) in [5, 5.41) is 8.84. The van der Waals surface area contributed by atoms with Crippen LogP contribution in [0.4, 0.5) is 10.1 Å². The van der Waals surface area contributed by atoms with Gasteiger partial charge in [0.1, 0.15) is 5.82 Å². The maximum Gasteiger partial charge on any atom is 0.496 e. The third kappa shape index (κ3) is 2.41. The molecule has 3 rings (SSSR count). The maximum atomic E-state index is 14.1. The fourth-order valence-electron chi connectivity index (χ4n) is 2.86. The van der Waals surface area contributed by atoms with Crippen LogP contribution in [0.5, 0.6) is 0 Å². The topological polar surface area (TPSA) is 68.3 Å². The molecule has 1 saturated heterocycles. The highest BCUT2D eigenvalue weighted by atomic mass is 35.5. The lowest BCUT2D eigenvalue weighted by molar-refractivity contribution is 0.00578. The third-order valence-corrected chi connectivity index (χ3v) is 5.31. The number of nitrogens with one attached hydrogen (secondary N) is 1. The molecule has 1 aliphatic heterocycles. The first kappa shape index (κ1) is 17.2. The zero-order valence-electron chi connectivity index (χ0n) is 14.0. The first-order valence-electron chi connectivity index (χ1n) is 7.65. The molecule has 0 amide bonds. The summed E-state index contributed by atoms with van der Waals surface area (Å²) in [7, 11) is -0.795. The number of hydrogen-bond donors (Lipinski definition) is 2. The van der Waals surface area contributed by atoms with Gasteiger partial charge in [-0.2, -0.15) is 0 Å². The Morgan fingerprint density at radius 1 is 1.21 bits per heavy atom. The minimum atomic E-state index is -0.795. The highest BCUT2D eigenvalue weighted by molar-refractivity contribution is 6.68. The van der Waals surface area contributed by atoms with E-state index >= 15 is 0 Å². The molecular formula is C17H19BClFN2O2. The monoisotopic (exact) mass is 348 g/mol. The van der Waals surface area contributed by atoms with Crippen LogP contribution < -0.4 is 11.2 Å². The summed E-state index contributed by atoms with van der Waals surface area (Å²) in [6.45, 7) is 7.70. The van der Waals surface area contributed by atoms with E-state index in [1.54, 1.807) is 12.1 Å². The molecule has 2 aromatic rings. The molecule has 3 N–H and O–H groups in total. The van der Waals surface area contributed by atoms with Gasteiger partial charge in [0.15, 0.2) is 0 Å². The zero-order valence-corrected chi connectivity index (χ0v) is 14.8. The van der Waals surface area contributed by atoms with Crippen molar-refractivity contribution < 1.29 is 13.7 Å². The van der Waals surface area contributed by atoms with Crippen molar-refractivity contribution in [1.82, 2.24) is 0 Å². The van der Waals surface area contributed by atoms with Crippen LogP contribution in [0.2, 0.25) is 5.02 Å². The lowest BCUT2D eigenvalue weighted by atomic mass is 9.72. The highest BCUT2D eigenvalue weighted by Gasteiger charge is 2.52. The van der Waals surface area contributed by atoms with Crippen LogP contribution in [0.1, 0.15) is 33.3 Å². The van der Waals surface area contributed by atoms with Gasteiger partial charge in [-0.05, 0) is 45.2 Å². The number of rotatable bonds is 2. The van der Waals surface area contributed by atoms with Gasteiger partial charge in [-0.15, -0.1) is 0 Å². The van der Waals surface area contributed by atoms with Crippen molar-refractivity contribution in [2.75, 3.05) is 5.73 Å². The number of benzene rings is 2. The van der Waals surface area contributed by atoms with Gasteiger partial charge < -0.3 is 20.5 Å². The van der Waals surface area contributed by atoms with E-state index < -0.39 is 24.1 Å². The van der Waals surface area contributed by atoms with Gasteiger partial charge in [0.25, 0.3) is 0 Å². The van der Waals surface area contributed by atoms with Crippen LogP contribution in [-0.2, 0) is 9.31 Å². The maximum absolute atomic E-state index is 14.1. The van der Waals surface area contributed by atoms with Crippen molar-refractivity contribution in [2.24, 2.45) is 0 Å². The van der Waals surface area contributed by atoms with Crippen molar-refractivity contribution in [3.05, 3.63) is 34.6 Å². The quantitative estimate of drug-likeness (QED) is 0.496. The Bertz CT molecular complexity index is 838. The van der Waals surface area contributed by atoms with Gasteiger partial charge in [0.2, 0.25) is 0 Å². The summed E-state index contributed by atoms with van der Waals surface area (Å²) in [5.74, 6) is -0.539. The van der Waals surface area contributed by atoms with Crippen LogP contribution in [0.3, 0.4) is 0 Å². The predicted molar refractivity (Wildman–Crippen MR) is 96.9 cm³/mol. The average Bonchev–Trinajstić information content (AvgIpc) is 2.70. The van der Waals surface area contributed by atoms with Gasteiger partial charge in [0.05, 0.1) is 16.2 Å². The first-order chi connectivity index (χ1) is 11.1. The molecule has 1 aliphatic rings. The van der Waals surface area contributed by atoms with Crippen LogP contribution in [-0.4, -0.2) is 24.5 Å². The van der Waals surface area contributed by atoms with Crippen LogP contribution in [0.15, 0.2) is 18.2 Å². The summed E-state index contributed by atoms with van der Waals surface area (Å²) in [6, 6.07) is 4.58. The van der Waals surface area contributed by atoms with Crippen molar-refractivity contribution in [2.45, 2.75) is 38.9 Å². The van der Waals surface area contributed by atoms with Gasteiger partial charge >= 0.3 is 7.12 Å². The molecule has 0 aliphatic carbocycles. The molecule has 0 bridgehead atoms. The first-order valence-corrected chi connectivity index (χ1v) is 8.03. The number of halogens is 2. The Kier molecular flexibility index (Phi) is 3.90. The Morgan fingerprint density at radius 3 is 2.33 bits per heavy atom. The minimum absolute atomic E-state index is 0.0275. The minimum Gasteiger partial charge on any atom is -0.399 e. The molecule has 24 heavy (non-hydrogen) atoms. The predicted octanol–water partition coefficient (Wildman–Crippen LogP) is 3.51. The van der Waals surface area contributed by atoms with E-state index in [9.17, 15) is 4.39 Å². The molecule has 4 nitrogen and oxygen atoms in total. The standard InChI is InChI=1S/C17H19BClFN2O2/c1-16(2)17(3,4)24-18(23-16)14-10(8-21)12(22)7-9-5-6-11(20)15(19)13(9)14/h5-8,21H,22H2,1-4H3.